The molecule has 5 nitrogen and oxygen atoms in total. The summed E-state index contributed by atoms with van der Waals surface area (Å²) in [6.45, 7) is 4.11. The lowest BCUT2D eigenvalue weighted by Gasteiger charge is -2.10. The Hall–Kier alpha value is -2.60. The summed E-state index contributed by atoms with van der Waals surface area (Å²) in [6.07, 6.45) is 2.61. The minimum absolute atomic E-state index is 0.0612. The third-order valence-electron chi connectivity index (χ3n) is 3.78. The van der Waals surface area contributed by atoms with E-state index >= 15 is 0 Å². The molecule has 0 atom stereocenters. The molecule has 3 rings (SSSR count). The van der Waals surface area contributed by atoms with Crippen molar-refractivity contribution >= 4 is 23.4 Å². The molecular weight excluding hydrogens is 332 g/mol. The number of carbonyl (C=O) groups is 1. The van der Waals surface area contributed by atoms with Gasteiger partial charge >= 0.3 is 0 Å². The third kappa shape index (κ3) is 4.28. The van der Waals surface area contributed by atoms with Crippen molar-refractivity contribution in [3.8, 4) is 5.69 Å². The van der Waals surface area contributed by atoms with Crippen LogP contribution in [0.4, 0.5) is 5.69 Å². The number of rotatable bonds is 6. The molecule has 0 saturated carbocycles. The lowest BCUT2D eigenvalue weighted by atomic mass is 10.1. The van der Waals surface area contributed by atoms with Gasteiger partial charge in [-0.1, -0.05) is 49.0 Å². The number of hydrogen-bond acceptors (Lipinski definition) is 4. The molecule has 128 valence electrons. The van der Waals surface area contributed by atoms with E-state index in [0.29, 0.717) is 5.16 Å². The number of aromatic nitrogens is 3. The van der Waals surface area contributed by atoms with Crippen molar-refractivity contribution in [2.24, 2.45) is 0 Å². The second kappa shape index (κ2) is 7.98. The van der Waals surface area contributed by atoms with Crippen molar-refractivity contribution in [2.45, 2.75) is 25.4 Å². The van der Waals surface area contributed by atoms with E-state index in [1.165, 1.54) is 17.3 Å². The number of nitrogens with zero attached hydrogens (tertiary/aromatic N) is 3. The van der Waals surface area contributed by atoms with Crippen molar-refractivity contribution in [1.82, 2.24) is 14.8 Å². The lowest BCUT2D eigenvalue weighted by Crippen LogP contribution is -2.14. The van der Waals surface area contributed by atoms with Gasteiger partial charge in [-0.15, -0.1) is 10.2 Å². The molecule has 0 unspecified atom stereocenters. The van der Waals surface area contributed by atoms with Gasteiger partial charge in [0.2, 0.25) is 5.91 Å². The first kappa shape index (κ1) is 17.2. The number of para-hydroxylation sites is 1. The van der Waals surface area contributed by atoms with Gasteiger partial charge in [0.05, 0.1) is 11.4 Å². The normalized spacial score (nSPS) is 10.6. The average molecular weight is 352 g/mol. The maximum absolute atomic E-state index is 12.2. The Kier molecular flexibility index (Phi) is 5.50. The van der Waals surface area contributed by atoms with Crippen LogP contribution in [0.2, 0.25) is 0 Å². The van der Waals surface area contributed by atoms with E-state index in [4.69, 9.17) is 0 Å². The van der Waals surface area contributed by atoms with E-state index in [9.17, 15) is 4.79 Å². The number of carbonyl (C=O) groups excluding carboxylic acids is 1. The molecule has 0 aliphatic carbocycles. The first-order chi connectivity index (χ1) is 12.2. The Labute approximate surface area is 151 Å². The topological polar surface area (TPSA) is 59.8 Å². The number of anilines is 1. The molecule has 1 aromatic heterocycles. The van der Waals surface area contributed by atoms with Crippen molar-refractivity contribution in [3.05, 3.63) is 66.0 Å². The third-order valence-corrected chi connectivity index (χ3v) is 4.73. The van der Waals surface area contributed by atoms with Crippen molar-refractivity contribution in [2.75, 3.05) is 11.1 Å². The fourth-order valence-corrected chi connectivity index (χ4v) is 3.30. The Balaban J connectivity index is 1.68. The highest BCUT2D eigenvalue weighted by Gasteiger charge is 2.12. The smallest absolute Gasteiger partial charge is 0.234 e. The SMILES string of the molecule is CCc1ccccc1-n1cnnc1SCC(=O)Nc1cccc(C)c1. The van der Waals surface area contributed by atoms with Gasteiger partial charge in [-0.25, -0.2) is 0 Å². The second-order valence-electron chi connectivity index (χ2n) is 5.67. The molecule has 3 aromatic rings. The van der Waals surface area contributed by atoms with Gasteiger partial charge in [-0.3, -0.25) is 9.36 Å². The van der Waals surface area contributed by atoms with E-state index < -0.39 is 0 Å². The summed E-state index contributed by atoms with van der Waals surface area (Å²) < 4.78 is 1.93. The predicted molar refractivity (Wildman–Crippen MR) is 101 cm³/mol. The van der Waals surface area contributed by atoms with Crippen LogP contribution in [-0.4, -0.2) is 26.4 Å². The van der Waals surface area contributed by atoms with E-state index in [0.717, 1.165) is 23.4 Å². The predicted octanol–water partition coefficient (Wildman–Crippen LogP) is 3.87. The van der Waals surface area contributed by atoms with Gasteiger partial charge < -0.3 is 5.32 Å². The summed E-state index contributed by atoms with van der Waals surface area (Å²) in [7, 11) is 0. The fraction of sp³-hybridized carbons (Fsp3) is 0.211. The fourth-order valence-electron chi connectivity index (χ4n) is 2.58. The Bertz CT molecular complexity index is 875. The quantitative estimate of drug-likeness (QED) is 0.684. The van der Waals surface area contributed by atoms with Crippen LogP contribution in [0.5, 0.6) is 0 Å². The number of aryl methyl sites for hydroxylation is 2. The molecule has 1 amide bonds. The standard InChI is InChI=1S/C19H20N4OS/c1-3-15-8-4-5-10-17(15)23-13-20-22-19(23)25-12-18(24)21-16-9-6-7-14(2)11-16/h4-11,13H,3,12H2,1-2H3,(H,21,24). The molecule has 0 aliphatic heterocycles. The molecule has 25 heavy (non-hydrogen) atoms. The molecule has 0 radical (unpaired) electrons. The van der Waals surface area contributed by atoms with Crippen LogP contribution in [0.3, 0.4) is 0 Å². The lowest BCUT2D eigenvalue weighted by molar-refractivity contribution is -0.113. The first-order valence-electron chi connectivity index (χ1n) is 8.15. The molecule has 1 N–H and O–H groups in total. The zero-order valence-corrected chi connectivity index (χ0v) is 15.1. The van der Waals surface area contributed by atoms with E-state index in [1.54, 1.807) is 6.33 Å². The van der Waals surface area contributed by atoms with Gasteiger partial charge in [-0.05, 0) is 42.7 Å². The molecular formula is C19H20N4OS. The Morgan fingerprint density at radius 2 is 2.04 bits per heavy atom. The maximum atomic E-state index is 12.2. The zero-order chi connectivity index (χ0) is 17.6. The van der Waals surface area contributed by atoms with E-state index in [-0.39, 0.29) is 11.7 Å². The summed E-state index contributed by atoms with van der Waals surface area (Å²) in [5.74, 6) is 0.218. The van der Waals surface area contributed by atoms with Crippen LogP contribution in [0.25, 0.3) is 5.69 Å². The van der Waals surface area contributed by atoms with Gasteiger partial charge in [0, 0.05) is 5.69 Å². The summed E-state index contributed by atoms with van der Waals surface area (Å²) in [5, 5.41) is 11.8. The minimum Gasteiger partial charge on any atom is -0.325 e. The monoisotopic (exact) mass is 352 g/mol. The Morgan fingerprint density at radius 3 is 2.84 bits per heavy atom. The zero-order valence-electron chi connectivity index (χ0n) is 14.3. The second-order valence-corrected chi connectivity index (χ2v) is 6.61. The molecule has 1 heterocycles. The first-order valence-corrected chi connectivity index (χ1v) is 9.13. The van der Waals surface area contributed by atoms with Gasteiger partial charge in [0.1, 0.15) is 6.33 Å². The highest BCUT2D eigenvalue weighted by atomic mass is 32.2. The number of amides is 1. The van der Waals surface area contributed by atoms with Crippen LogP contribution in [0, 0.1) is 6.92 Å². The van der Waals surface area contributed by atoms with Gasteiger partial charge in [0.25, 0.3) is 0 Å². The molecule has 0 fully saturated rings. The van der Waals surface area contributed by atoms with Crippen LogP contribution in [-0.2, 0) is 11.2 Å². The Morgan fingerprint density at radius 1 is 1.20 bits per heavy atom. The summed E-state index contributed by atoms with van der Waals surface area (Å²) in [5.41, 5.74) is 4.19. The molecule has 0 bridgehead atoms. The van der Waals surface area contributed by atoms with Gasteiger partial charge in [-0.2, -0.15) is 0 Å². The summed E-state index contributed by atoms with van der Waals surface area (Å²) in [6, 6.07) is 15.9. The van der Waals surface area contributed by atoms with Crippen molar-refractivity contribution in [3.63, 3.8) is 0 Å². The van der Waals surface area contributed by atoms with Crippen LogP contribution in [0.15, 0.2) is 60.0 Å². The number of benzene rings is 2. The number of hydrogen-bond donors (Lipinski definition) is 1. The molecule has 2 aromatic carbocycles. The van der Waals surface area contributed by atoms with Crippen LogP contribution >= 0.6 is 11.8 Å². The molecule has 0 spiro atoms. The molecule has 0 aliphatic rings. The molecule has 0 saturated heterocycles. The highest BCUT2D eigenvalue weighted by Crippen LogP contribution is 2.22. The summed E-state index contributed by atoms with van der Waals surface area (Å²) >= 11 is 1.38. The van der Waals surface area contributed by atoms with Crippen molar-refractivity contribution in [1.29, 1.82) is 0 Å². The number of nitrogens with one attached hydrogen (secondary N) is 1. The van der Waals surface area contributed by atoms with Crippen molar-refractivity contribution < 1.29 is 4.79 Å². The highest BCUT2D eigenvalue weighted by molar-refractivity contribution is 7.99. The van der Waals surface area contributed by atoms with Gasteiger partial charge in [0.15, 0.2) is 5.16 Å². The van der Waals surface area contributed by atoms with E-state index in [1.807, 2.05) is 54.0 Å². The van der Waals surface area contributed by atoms with Crippen LogP contribution in [0.1, 0.15) is 18.1 Å². The van der Waals surface area contributed by atoms with Crippen LogP contribution < -0.4 is 5.32 Å². The molecule has 6 heteroatoms. The van der Waals surface area contributed by atoms with E-state index in [2.05, 4.69) is 28.5 Å². The maximum Gasteiger partial charge on any atom is 0.234 e. The minimum atomic E-state index is -0.0612. The summed E-state index contributed by atoms with van der Waals surface area (Å²) in [4.78, 5) is 12.2. The average Bonchev–Trinajstić information content (AvgIpc) is 3.08. The number of thioether (sulfide) groups is 1. The largest absolute Gasteiger partial charge is 0.325 e.